The highest BCUT2D eigenvalue weighted by Gasteiger charge is 2.15. The monoisotopic (exact) mass is 237 g/mol. The SMILES string of the molecule is CCCc1cc(C(=O)O)cc(OC(C)(C)C)n1. The standard InChI is InChI=1S/C13H19NO3/c1-5-6-10-7-9(12(15)16)8-11(14-10)17-13(2,3)4/h7-8H,5-6H2,1-4H3,(H,15,16). The molecule has 1 aromatic rings. The molecular formula is C13H19NO3. The van der Waals surface area contributed by atoms with Crippen molar-refractivity contribution < 1.29 is 14.6 Å². The van der Waals surface area contributed by atoms with Crippen LogP contribution in [0.25, 0.3) is 0 Å². The van der Waals surface area contributed by atoms with Crippen molar-refractivity contribution >= 4 is 5.97 Å². The van der Waals surface area contributed by atoms with Gasteiger partial charge in [-0.05, 0) is 33.3 Å². The Hall–Kier alpha value is -1.58. The second-order valence-corrected chi connectivity index (χ2v) is 4.95. The number of aromatic nitrogens is 1. The summed E-state index contributed by atoms with van der Waals surface area (Å²) in [5, 5.41) is 9.02. The Kier molecular flexibility index (Phi) is 4.10. The second kappa shape index (κ2) is 5.17. The molecule has 0 atom stereocenters. The summed E-state index contributed by atoms with van der Waals surface area (Å²) in [6.45, 7) is 7.74. The van der Waals surface area contributed by atoms with Crippen LogP contribution in [0.15, 0.2) is 12.1 Å². The lowest BCUT2D eigenvalue weighted by Gasteiger charge is -2.21. The van der Waals surface area contributed by atoms with Crippen molar-refractivity contribution in [1.82, 2.24) is 4.98 Å². The van der Waals surface area contributed by atoms with E-state index in [9.17, 15) is 4.79 Å². The molecule has 0 saturated carbocycles. The molecule has 0 aliphatic rings. The number of ether oxygens (including phenoxy) is 1. The molecule has 0 aliphatic heterocycles. The number of carbonyl (C=O) groups is 1. The van der Waals surface area contributed by atoms with Crippen molar-refractivity contribution in [3.63, 3.8) is 0 Å². The fourth-order valence-electron chi connectivity index (χ4n) is 1.43. The van der Waals surface area contributed by atoms with Crippen LogP contribution < -0.4 is 4.74 Å². The molecule has 0 amide bonds. The third-order valence-corrected chi connectivity index (χ3v) is 2.02. The third-order valence-electron chi connectivity index (χ3n) is 2.02. The first-order chi connectivity index (χ1) is 7.81. The molecule has 0 saturated heterocycles. The zero-order valence-electron chi connectivity index (χ0n) is 10.8. The number of carboxylic acids is 1. The number of nitrogens with zero attached hydrogens (tertiary/aromatic N) is 1. The molecule has 0 radical (unpaired) electrons. The minimum atomic E-state index is -0.955. The molecule has 1 aromatic heterocycles. The molecular weight excluding hydrogens is 218 g/mol. The van der Waals surface area contributed by atoms with Gasteiger partial charge < -0.3 is 9.84 Å². The Morgan fingerprint density at radius 2 is 2.06 bits per heavy atom. The van der Waals surface area contributed by atoms with Crippen LogP contribution in [0.2, 0.25) is 0 Å². The minimum absolute atomic E-state index is 0.225. The van der Waals surface area contributed by atoms with Gasteiger partial charge in [-0.2, -0.15) is 0 Å². The molecule has 0 aromatic carbocycles. The first-order valence-corrected chi connectivity index (χ1v) is 5.75. The summed E-state index contributed by atoms with van der Waals surface area (Å²) in [6, 6.07) is 3.06. The van der Waals surface area contributed by atoms with Gasteiger partial charge in [-0.3, -0.25) is 0 Å². The fraction of sp³-hybridized carbons (Fsp3) is 0.538. The number of pyridine rings is 1. The number of hydrogen-bond acceptors (Lipinski definition) is 3. The maximum absolute atomic E-state index is 11.0. The summed E-state index contributed by atoms with van der Waals surface area (Å²) in [5.41, 5.74) is 0.600. The summed E-state index contributed by atoms with van der Waals surface area (Å²) >= 11 is 0. The van der Waals surface area contributed by atoms with Crippen LogP contribution in [-0.2, 0) is 6.42 Å². The smallest absolute Gasteiger partial charge is 0.335 e. The van der Waals surface area contributed by atoms with Crippen molar-refractivity contribution in [1.29, 1.82) is 0 Å². The maximum Gasteiger partial charge on any atom is 0.335 e. The van der Waals surface area contributed by atoms with Crippen molar-refractivity contribution in [2.45, 2.75) is 46.1 Å². The Morgan fingerprint density at radius 1 is 1.41 bits per heavy atom. The molecule has 0 bridgehead atoms. The number of hydrogen-bond donors (Lipinski definition) is 1. The largest absolute Gasteiger partial charge is 0.478 e. The van der Waals surface area contributed by atoms with E-state index in [0.29, 0.717) is 5.88 Å². The highest BCUT2D eigenvalue weighted by molar-refractivity contribution is 5.88. The van der Waals surface area contributed by atoms with Crippen LogP contribution in [-0.4, -0.2) is 21.7 Å². The van der Waals surface area contributed by atoms with Crippen LogP contribution in [0.4, 0.5) is 0 Å². The van der Waals surface area contributed by atoms with E-state index in [2.05, 4.69) is 4.98 Å². The summed E-state index contributed by atoms with van der Waals surface area (Å²) in [5.74, 6) is -0.579. The highest BCUT2D eigenvalue weighted by atomic mass is 16.5. The average molecular weight is 237 g/mol. The van der Waals surface area contributed by atoms with E-state index >= 15 is 0 Å². The van der Waals surface area contributed by atoms with Crippen molar-refractivity contribution in [3.05, 3.63) is 23.4 Å². The summed E-state index contributed by atoms with van der Waals surface area (Å²) in [4.78, 5) is 15.3. The van der Waals surface area contributed by atoms with Crippen LogP contribution >= 0.6 is 0 Å². The first-order valence-electron chi connectivity index (χ1n) is 5.75. The van der Waals surface area contributed by atoms with Gasteiger partial charge in [0.2, 0.25) is 5.88 Å². The van der Waals surface area contributed by atoms with Crippen LogP contribution in [0, 0.1) is 0 Å². The number of carboxylic acid groups (broad SMARTS) is 1. The fourth-order valence-corrected chi connectivity index (χ4v) is 1.43. The molecule has 94 valence electrons. The summed E-state index contributed by atoms with van der Waals surface area (Å²) < 4.78 is 5.61. The molecule has 1 rings (SSSR count). The molecule has 0 aliphatic carbocycles. The van der Waals surface area contributed by atoms with Crippen molar-refractivity contribution in [2.24, 2.45) is 0 Å². The van der Waals surface area contributed by atoms with Crippen LogP contribution in [0.5, 0.6) is 5.88 Å². The first kappa shape index (κ1) is 13.5. The van der Waals surface area contributed by atoms with Gasteiger partial charge in [0.1, 0.15) is 5.60 Å². The van der Waals surface area contributed by atoms with Gasteiger partial charge in [0, 0.05) is 11.8 Å². The van der Waals surface area contributed by atoms with Crippen LogP contribution in [0.3, 0.4) is 0 Å². The lowest BCUT2D eigenvalue weighted by atomic mass is 10.1. The Balaban J connectivity index is 3.07. The molecule has 0 fully saturated rings. The van der Waals surface area contributed by atoms with E-state index < -0.39 is 5.97 Å². The summed E-state index contributed by atoms with van der Waals surface area (Å²) in [6.07, 6.45) is 1.67. The molecule has 1 N–H and O–H groups in total. The van der Waals surface area contributed by atoms with Gasteiger partial charge in [-0.1, -0.05) is 13.3 Å². The van der Waals surface area contributed by atoms with Crippen LogP contribution in [0.1, 0.15) is 50.2 Å². The molecule has 4 nitrogen and oxygen atoms in total. The van der Waals surface area contributed by atoms with E-state index in [1.807, 2.05) is 27.7 Å². The number of aromatic carboxylic acids is 1. The maximum atomic E-state index is 11.0. The van der Waals surface area contributed by atoms with Gasteiger partial charge in [0.15, 0.2) is 0 Å². The molecule has 17 heavy (non-hydrogen) atoms. The van der Waals surface area contributed by atoms with E-state index in [0.717, 1.165) is 18.5 Å². The van der Waals surface area contributed by atoms with E-state index in [1.165, 1.54) is 6.07 Å². The lowest BCUT2D eigenvalue weighted by Crippen LogP contribution is -2.24. The van der Waals surface area contributed by atoms with Crippen molar-refractivity contribution in [2.75, 3.05) is 0 Å². The third kappa shape index (κ3) is 4.43. The summed E-state index contributed by atoms with van der Waals surface area (Å²) in [7, 11) is 0. The Morgan fingerprint density at radius 3 is 2.53 bits per heavy atom. The Labute approximate surface area is 102 Å². The van der Waals surface area contributed by atoms with E-state index in [-0.39, 0.29) is 11.2 Å². The lowest BCUT2D eigenvalue weighted by molar-refractivity contribution is 0.0693. The van der Waals surface area contributed by atoms with Gasteiger partial charge >= 0.3 is 5.97 Å². The predicted molar refractivity (Wildman–Crippen MR) is 65.6 cm³/mol. The van der Waals surface area contributed by atoms with Gasteiger partial charge in [0.05, 0.1) is 5.56 Å². The highest BCUT2D eigenvalue weighted by Crippen LogP contribution is 2.19. The Bertz CT molecular complexity index is 408. The minimum Gasteiger partial charge on any atom is -0.478 e. The number of aryl methyl sites for hydroxylation is 1. The quantitative estimate of drug-likeness (QED) is 0.874. The van der Waals surface area contributed by atoms with Gasteiger partial charge in [0.25, 0.3) is 0 Å². The topological polar surface area (TPSA) is 59.4 Å². The van der Waals surface area contributed by atoms with E-state index in [4.69, 9.17) is 9.84 Å². The van der Waals surface area contributed by atoms with Gasteiger partial charge in [-0.15, -0.1) is 0 Å². The predicted octanol–water partition coefficient (Wildman–Crippen LogP) is 2.91. The normalized spacial score (nSPS) is 11.3. The van der Waals surface area contributed by atoms with Crippen molar-refractivity contribution in [3.8, 4) is 5.88 Å². The molecule has 1 heterocycles. The molecule has 0 spiro atoms. The average Bonchev–Trinajstić information content (AvgIpc) is 2.14. The zero-order valence-corrected chi connectivity index (χ0v) is 10.8. The number of rotatable bonds is 4. The zero-order chi connectivity index (χ0) is 13.1. The van der Waals surface area contributed by atoms with E-state index in [1.54, 1.807) is 6.07 Å². The molecule has 0 unspecified atom stereocenters. The second-order valence-electron chi connectivity index (χ2n) is 4.95. The van der Waals surface area contributed by atoms with Gasteiger partial charge in [-0.25, -0.2) is 9.78 Å². The molecule has 4 heteroatoms.